The number of rotatable bonds is 5. The van der Waals surface area contributed by atoms with Gasteiger partial charge in [0.05, 0.1) is 0 Å². The molecule has 1 aliphatic rings. The first-order valence-electron chi connectivity index (χ1n) is 10.8. The fourth-order valence-electron chi connectivity index (χ4n) is 3.75. The van der Waals surface area contributed by atoms with E-state index in [1.165, 1.54) is 24.0 Å². The highest BCUT2D eigenvalue weighted by atomic mass is 35.5. The van der Waals surface area contributed by atoms with Crippen LogP contribution in [0.5, 0.6) is 0 Å². The van der Waals surface area contributed by atoms with E-state index in [1.54, 1.807) is 0 Å². The van der Waals surface area contributed by atoms with Crippen molar-refractivity contribution in [2.24, 2.45) is 17.6 Å². The number of nitrogens with two attached hydrogens (primary N) is 1. The minimum absolute atomic E-state index is 0.277. The van der Waals surface area contributed by atoms with Crippen LogP contribution in [0.15, 0.2) is 72.9 Å². The maximum absolute atomic E-state index is 6.34. The Kier molecular flexibility index (Phi) is 6.56. The summed E-state index contributed by atoms with van der Waals surface area (Å²) in [6.07, 6.45) is 6.71. The van der Waals surface area contributed by atoms with Crippen LogP contribution >= 0.6 is 11.6 Å². The molecule has 1 saturated carbocycles. The van der Waals surface area contributed by atoms with Crippen LogP contribution in [0.2, 0.25) is 5.02 Å². The molecule has 3 heteroatoms. The number of pyridine rings is 1. The Morgan fingerprint density at radius 2 is 1.68 bits per heavy atom. The van der Waals surface area contributed by atoms with Crippen LogP contribution in [0, 0.1) is 23.7 Å². The second-order valence-electron chi connectivity index (χ2n) is 8.39. The molecule has 2 N–H and O–H groups in total. The molecule has 1 aromatic heterocycles. The molecule has 0 radical (unpaired) electrons. The number of allylic oxidation sites excluding steroid dienone is 1. The van der Waals surface area contributed by atoms with E-state index >= 15 is 0 Å². The third kappa shape index (κ3) is 5.64. The smallest absolute Gasteiger partial charge is 0.113 e. The third-order valence-electron chi connectivity index (χ3n) is 5.90. The lowest BCUT2D eigenvalue weighted by molar-refractivity contribution is 0.485. The number of benzene rings is 2. The fourth-order valence-corrected chi connectivity index (χ4v) is 3.87. The summed E-state index contributed by atoms with van der Waals surface area (Å²) >= 11 is 5.96. The van der Waals surface area contributed by atoms with Gasteiger partial charge in [-0.15, -0.1) is 0 Å². The summed E-state index contributed by atoms with van der Waals surface area (Å²) in [6.45, 7) is 4.38. The molecule has 0 bridgehead atoms. The summed E-state index contributed by atoms with van der Waals surface area (Å²) in [4.78, 5) is 4.48. The van der Waals surface area contributed by atoms with Gasteiger partial charge in [-0.25, -0.2) is 4.98 Å². The molecule has 1 heterocycles. The van der Waals surface area contributed by atoms with E-state index in [-0.39, 0.29) is 6.04 Å². The number of halogens is 1. The zero-order valence-electron chi connectivity index (χ0n) is 18.0. The van der Waals surface area contributed by atoms with E-state index in [0.717, 1.165) is 27.4 Å². The van der Waals surface area contributed by atoms with Gasteiger partial charge >= 0.3 is 0 Å². The molecular weight excluding hydrogens is 400 g/mol. The first kappa shape index (κ1) is 21.4. The van der Waals surface area contributed by atoms with Gasteiger partial charge in [0, 0.05) is 28.4 Å². The Hall–Kier alpha value is -2.86. The summed E-state index contributed by atoms with van der Waals surface area (Å²) in [6, 6.07) is 20.4. The van der Waals surface area contributed by atoms with Crippen molar-refractivity contribution >= 4 is 17.2 Å². The van der Waals surface area contributed by atoms with Gasteiger partial charge < -0.3 is 5.73 Å². The van der Waals surface area contributed by atoms with Gasteiger partial charge in [0.15, 0.2) is 0 Å². The minimum Gasteiger partial charge on any atom is -0.327 e. The highest BCUT2D eigenvalue weighted by molar-refractivity contribution is 6.30. The minimum atomic E-state index is 0.277. The second-order valence-corrected chi connectivity index (χ2v) is 8.83. The molecule has 2 aromatic carbocycles. The van der Waals surface area contributed by atoms with E-state index in [4.69, 9.17) is 17.3 Å². The molecule has 0 amide bonds. The van der Waals surface area contributed by atoms with Gasteiger partial charge in [0.2, 0.25) is 0 Å². The summed E-state index contributed by atoms with van der Waals surface area (Å²) in [5.41, 5.74) is 12.7. The Morgan fingerprint density at radius 1 is 1.00 bits per heavy atom. The standard InChI is InChI=1S/C28H27ClN2/c1-19(17-20(2)28(30)24-8-9-24)22-6-3-21(4-7-22)5-15-27-16-12-25(18-31-27)23-10-13-26(29)14-11-23/h3-4,6-7,10-14,16-18,20,24,28H,8-9,30H2,1-2H3/b19-17+/t20-,28?/m0/s1. The summed E-state index contributed by atoms with van der Waals surface area (Å²) < 4.78 is 0. The van der Waals surface area contributed by atoms with Gasteiger partial charge in [-0.1, -0.05) is 60.9 Å². The molecule has 0 aliphatic heterocycles. The molecule has 2 atom stereocenters. The predicted octanol–water partition coefficient (Wildman–Crippen LogP) is 6.58. The topological polar surface area (TPSA) is 38.9 Å². The second kappa shape index (κ2) is 9.52. The van der Waals surface area contributed by atoms with Crippen molar-refractivity contribution in [2.75, 3.05) is 0 Å². The molecular formula is C28H27ClN2. The van der Waals surface area contributed by atoms with Crippen LogP contribution in [0.3, 0.4) is 0 Å². The Bertz CT molecular complexity index is 1110. The number of aromatic nitrogens is 1. The molecule has 1 aliphatic carbocycles. The summed E-state index contributed by atoms with van der Waals surface area (Å²) in [5, 5.41) is 0.729. The quantitative estimate of drug-likeness (QED) is 0.468. The van der Waals surface area contributed by atoms with Gasteiger partial charge in [-0.3, -0.25) is 0 Å². The van der Waals surface area contributed by atoms with Crippen LogP contribution in [0.4, 0.5) is 0 Å². The molecule has 31 heavy (non-hydrogen) atoms. The lowest BCUT2D eigenvalue weighted by atomic mass is 9.94. The first-order valence-corrected chi connectivity index (χ1v) is 11.2. The van der Waals surface area contributed by atoms with Crippen molar-refractivity contribution in [1.82, 2.24) is 4.98 Å². The molecule has 4 rings (SSSR count). The van der Waals surface area contributed by atoms with Gasteiger partial charge in [-0.2, -0.15) is 0 Å². The maximum atomic E-state index is 6.34. The van der Waals surface area contributed by atoms with E-state index in [2.05, 4.69) is 61.0 Å². The van der Waals surface area contributed by atoms with Gasteiger partial charge in [-0.05, 0) is 84.6 Å². The van der Waals surface area contributed by atoms with Crippen molar-refractivity contribution in [3.63, 3.8) is 0 Å². The normalized spacial score (nSPS) is 15.7. The van der Waals surface area contributed by atoms with Crippen molar-refractivity contribution in [3.05, 3.63) is 94.8 Å². The highest BCUT2D eigenvalue weighted by Gasteiger charge is 2.31. The Morgan fingerprint density at radius 3 is 2.29 bits per heavy atom. The average Bonchev–Trinajstić information content (AvgIpc) is 3.64. The Balaban J connectivity index is 1.42. The van der Waals surface area contributed by atoms with Crippen molar-refractivity contribution in [1.29, 1.82) is 0 Å². The van der Waals surface area contributed by atoms with E-state index in [1.807, 2.05) is 42.6 Å². The number of hydrogen-bond acceptors (Lipinski definition) is 2. The van der Waals surface area contributed by atoms with Crippen LogP contribution in [0.1, 0.15) is 43.5 Å². The largest absolute Gasteiger partial charge is 0.327 e. The van der Waals surface area contributed by atoms with Crippen LogP contribution in [-0.4, -0.2) is 11.0 Å². The molecule has 1 fully saturated rings. The zero-order chi connectivity index (χ0) is 21.8. The van der Waals surface area contributed by atoms with Crippen LogP contribution in [-0.2, 0) is 0 Å². The molecule has 0 spiro atoms. The van der Waals surface area contributed by atoms with Crippen LogP contribution in [0.25, 0.3) is 16.7 Å². The Labute approximate surface area is 190 Å². The van der Waals surface area contributed by atoms with E-state index < -0.39 is 0 Å². The predicted molar refractivity (Wildman–Crippen MR) is 131 cm³/mol. The van der Waals surface area contributed by atoms with Crippen molar-refractivity contribution in [3.8, 4) is 23.0 Å². The lowest BCUT2D eigenvalue weighted by Gasteiger charge is -2.17. The molecule has 156 valence electrons. The molecule has 2 nitrogen and oxygen atoms in total. The monoisotopic (exact) mass is 426 g/mol. The molecule has 0 saturated heterocycles. The summed E-state index contributed by atoms with van der Waals surface area (Å²) in [7, 11) is 0. The third-order valence-corrected chi connectivity index (χ3v) is 6.15. The number of hydrogen-bond donors (Lipinski definition) is 1. The molecule has 3 aromatic rings. The first-order chi connectivity index (χ1) is 15.0. The van der Waals surface area contributed by atoms with Crippen molar-refractivity contribution < 1.29 is 0 Å². The molecule has 1 unspecified atom stereocenters. The van der Waals surface area contributed by atoms with Crippen molar-refractivity contribution in [2.45, 2.75) is 32.7 Å². The van der Waals surface area contributed by atoms with E-state index in [0.29, 0.717) is 11.8 Å². The SMILES string of the molecule is C/C(=C\[C@H](C)C(N)C1CC1)c1ccc(C#Cc2ccc(-c3ccc(Cl)cc3)cn2)cc1. The lowest BCUT2D eigenvalue weighted by Crippen LogP contribution is -2.29. The zero-order valence-corrected chi connectivity index (χ0v) is 18.7. The summed E-state index contributed by atoms with van der Waals surface area (Å²) in [5.74, 6) is 7.47. The van der Waals surface area contributed by atoms with Crippen LogP contribution < -0.4 is 5.73 Å². The number of nitrogens with zero attached hydrogens (tertiary/aromatic N) is 1. The fraction of sp³-hybridized carbons (Fsp3) is 0.250. The maximum Gasteiger partial charge on any atom is 0.113 e. The van der Waals surface area contributed by atoms with E-state index in [9.17, 15) is 0 Å². The van der Waals surface area contributed by atoms with Gasteiger partial charge in [0.25, 0.3) is 0 Å². The highest BCUT2D eigenvalue weighted by Crippen LogP contribution is 2.35. The van der Waals surface area contributed by atoms with Gasteiger partial charge in [0.1, 0.15) is 5.69 Å². The average molecular weight is 427 g/mol.